The highest BCUT2D eigenvalue weighted by Gasteiger charge is 2.32. The highest BCUT2D eigenvalue weighted by Crippen LogP contribution is 2.29. The highest BCUT2D eigenvalue weighted by molar-refractivity contribution is 6.31. The molecule has 0 bridgehead atoms. The molecule has 2 amide bonds. The fraction of sp³-hybridized carbons (Fsp3) is 0.429. The average molecular weight is 591 g/mol. The minimum Gasteiger partial charge on any atom is -0.490 e. The van der Waals surface area contributed by atoms with Gasteiger partial charge in [-0.15, -0.1) is 0 Å². The summed E-state index contributed by atoms with van der Waals surface area (Å²) in [5.41, 5.74) is 2.79. The second kappa shape index (κ2) is 16.2. The molecule has 224 valence electrons. The molecule has 1 fully saturated rings. The van der Waals surface area contributed by atoms with E-state index in [1.807, 2.05) is 86.6 Å². The summed E-state index contributed by atoms with van der Waals surface area (Å²) >= 11 is 6.57. The summed E-state index contributed by atoms with van der Waals surface area (Å²) in [4.78, 5) is 29.8. The number of carbonyl (C=O) groups is 2. The van der Waals surface area contributed by atoms with E-state index in [4.69, 9.17) is 21.1 Å². The van der Waals surface area contributed by atoms with Crippen molar-refractivity contribution in [2.45, 2.75) is 83.8 Å². The maximum Gasteiger partial charge on any atom is 0.243 e. The molecule has 0 heterocycles. The molecule has 6 nitrogen and oxygen atoms in total. The molecule has 0 unspecified atom stereocenters. The summed E-state index contributed by atoms with van der Waals surface area (Å²) in [5, 5.41) is 3.87. The first-order chi connectivity index (χ1) is 20.5. The fourth-order valence-electron chi connectivity index (χ4n) is 5.55. The quantitative estimate of drug-likeness (QED) is 0.216. The van der Waals surface area contributed by atoms with Gasteiger partial charge in [0.25, 0.3) is 0 Å². The van der Waals surface area contributed by atoms with Crippen LogP contribution in [0.5, 0.6) is 11.5 Å². The van der Waals surface area contributed by atoms with Crippen molar-refractivity contribution in [3.8, 4) is 11.5 Å². The Morgan fingerprint density at radius 1 is 0.881 bits per heavy atom. The summed E-state index contributed by atoms with van der Waals surface area (Å²) in [7, 11) is 0. The van der Waals surface area contributed by atoms with Crippen LogP contribution in [-0.2, 0) is 29.0 Å². The molecule has 1 aliphatic carbocycles. The number of amides is 2. The van der Waals surface area contributed by atoms with Crippen LogP contribution >= 0.6 is 11.6 Å². The third-order valence-electron chi connectivity index (χ3n) is 7.76. The van der Waals surface area contributed by atoms with Crippen molar-refractivity contribution >= 4 is 23.4 Å². The van der Waals surface area contributed by atoms with E-state index in [0.29, 0.717) is 42.6 Å². The average Bonchev–Trinajstić information content (AvgIpc) is 3.01. The smallest absolute Gasteiger partial charge is 0.243 e. The topological polar surface area (TPSA) is 67.9 Å². The molecule has 0 radical (unpaired) electrons. The molecule has 7 heteroatoms. The number of benzene rings is 3. The molecule has 1 atom stereocenters. The van der Waals surface area contributed by atoms with Crippen molar-refractivity contribution < 1.29 is 19.1 Å². The van der Waals surface area contributed by atoms with E-state index in [1.165, 1.54) is 6.42 Å². The molecule has 1 aliphatic rings. The van der Waals surface area contributed by atoms with Gasteiger partial charge in [-0.1, -0.05) is 85.5 Å². The molecule has 0 aromatic heterocycles. The summed E-state index contributed by atoms with van der Waals surface area (Å²) in [5.74, 6) is 1.16. The lowest BCUT2D eigenvalue weighted by molar-refractivity contribution is -0.141. The van der Waals surface area contributed by atoms with Crippen LogP contribution < -0.4 is 14.8 Å². The molecule has 3 aromatic carbocycles. The largest absolute Gasteiger partial charge is 0.490 e. The summed E-state index contributed by atoms with van der Waals surface area (Å²) in [6.07, 6.45) is 6.55. The van der Waals surface area contributed by atoms with Gasteiger partial charge in [-0.2, -0.15) is 0 Å². The molecule has 0 aliphatic heterocycles. The Kier molecular flexibility index (Phi) is 12.1. The van der Waals surface area contributed by atoms with Crippen molar-refractivity contribution in [1.29, 1.82) is 0 Å². The number of rotatable bonds is 14. The van der Waals surface area contributed by atoms with Crippen LogP contribution in [0.15, 0.2) is 72.8 Å². The van der Waals surface area contributed by atoms with E-state index in [0.717, 1.165) is 42.4 Å². The molecule has 4 rings (SSSR count). The van der Waals surface area contributed by atoms with Gasteiger partial charge in [-0.05, 0) is 68.0 Å². The lowest BCUT2D eigenvalue weighted by Gasteiger charge is -2.34. The number of ether oxygens (including phenoxy) is 2. The van der Waals surface area contributed by atoms with Gasteiger partial charge in [-0.3, -0.25) is 9.59 Å². The van der Waals surface area contributed by atoms with Crippen LogP contribution in [-0.4, -0.2) is 42.0 Å². The summed E-state index contributed by atoms with van der Waals surface area (Å²) in [6.45, 7) is 5.18. The number of nitrogens with one attached hydrogen (secondary N) is 1. The van der Waals surface area contributed by atoms with Gasteiger partial charge in [-0.25, -0.2) is 0 Å². The highest BCUT2D eigenvalue weighted by atomic mass is 35.5. The first-order valence-electron chi connectivity index (χ1n) is 15.2. The molecule has 1 N–H and O–H groups in total. The van der Waals surface area contributed by atoms with Crippen molar-refractivity contribution in [3.63, 3.8) is 0 Å². The van der Waals surface area contributed by atoms with Crippen molar-refractivity contribution in [1.82, 2.24) is 10.2 Å². The lowest BCUT2D eigenvalue weighted by atomic mass is 9.94. The van der Waals surface area contributed by atoms with E-state index in [1.54, 1.807) is 4.90 Å². The Hall–Kier alpha value is -3.51. The number of aryl methyl sites for hydroxylation is 1. The lowest BCUT2D eigenvalue weighted by Crippen LogP contribution is -2.53. The maximum absolute atomic E-state index is 14.1. The summed E-state index contributed by atoms with van der Waals surface area (Å²) < 4.78 is 11.5. The number of nitrogens with zero attached hydrogens (tertiary/aromatic N) is 1. The van der Waals surface area contributed by atoms with E-state index >= 15 is 0 Å². The molecule has 0 spiro atoms. The molecule has 3 aromatic rings. The van der Waals surface area contributed by atoms with E-state index in [2.05, 4.69) is 5.32 Å². The Labute approximate surface area is 255 Å². The number of carbonyl (C=O) groups excluding carboxylic acids is 2. The minimum atomic E-state index is -0.669. The SMILES string of the molecule is CCOc1ccc(CCC(=O)N(Cc2ccccc2Cl)[C@H](Cc2ccccc2)C(=O)NC2CCCCC2)cc1OCC. The van der Waals surface area contributed by atoms with Gasteiger partial charge in [0.2, 0.25) is 11.8 Å². The normalized spacial score (nSPS) is 14.2. The maximum atomic E-state index is 14.1. The van der Waals surface area contributed by atoms with Gasteiger partial charge in [0.15, 0.2) is 11.5 Å². The van der Waals surface area contributed by atoms with Gasteiger partial charge >= 0.3 is 0 Å². The van der Waals surface area contributed by atoms with E-state index < -0.39 is 6.04 Å². The second-order valence-electron chi connectivity index (χ2n) is 10.8. The standard InChI is InChI=1S/C35H43ClN2O4/c1-3-41-32-21-19-27(24-33(32)42-4-2)20-22-34(39)38(25-28-15-11-12-18-30(28)36)31(23-26-13-7-5-8-14-26)35(40)37-29-16-9-6-10-17-29/h5,7-8,11-15,18-19,21,24,29,31H,3-4,6,9-10,16-17,20,22-23,25H2,1-2H3,(H,37,40)/t31-/m1/s1. The van der Waals surface area contributed by atoms with Gasteiger partial charge in [0.1, 0.15) is 6.04 Å². The first kappa shape index (κ1) is 31.4. The Morgan fingerprint density at radius 2 is 1.57 bits per heavy atom. The van der Waals surface area contributed by atoms with Crippen LogP contribution in [0.2, 0.25) is 5.02 Å². The van der Waals surface area contributed by atoms with E-state index in [9.17, 15) is 9.59 Å². The fourth-order valence-corrected chi connectivity index (χ4v) is 5.75. The second-order valence-corrected chi connectivity index (χ2v) is 11.2. The number of hydrogen-bond donors (Lipinski definition) is 1. The van der Waals surface area contributed by atoms with Crippen LogP contribution in [0.3, 0.4) is 0 Å². The van der Waals surface area contributed by atoms with Crippen LogP contribution in [0.4, 0.5) is 0 Å². The van der Waals surface area contributed by atoms with Crippen molar-refractivity contribution in [2.24, 2.45) is 0 Å². The zero-order valence-corrected chi connectivity index (χ0v) is 25.6. The number of hydrogen-bond acceptors (Lipinski definition) is 4. The predicted molar refractivity (Wildman–Crippen MR) is 168 cm³/mol. The molecule has 0 saturated heterocycles. The zero-order valence-electron chi connectivity index (χ0n) is 24.8. The van der Waals surface area contributed by atoms with Gasteiger partial charge in [0, 0.05) is 30.5 Å². The Morgan fingerprint density at radius 3 is 2.29 bits per heavy atom. The predicted octanol–water partition coefficient (Wildman–Crippen LogP) is 7.16. The molecular weight excluding hydrogens is 548 g/mol. The molecular formula is C35H43ClN2O4. The monoisotopic (exact) mass is 590 g/mol. The van der Waals surface area contributed by atoms with Crippen molar-refractivity contribution in [3.05, 3.63) is 94.5 Å². The molecule has 1 saturated carbocycles. The van der Waals surface area contributed by atoms with Crippen LogP contribution in [0.25, 0.3) is 0 Å². The van der Waals surface area contributed by atoms with E-state index in [-0.39, 0.29) is 30.8 Å². The van der Waals surface area contributed by atoms with Gasteiger partial charge < -0.3 is 19.7 Å². The molecule has 42 heavy (non-hydrogen) atoms. The van der Waals surface area contributed by atoms with Crippen LogP contribution in [0, 0.1) is 0 Å². The summed E-state index contributed by atoms with van der Waals surface area (Å²) in [6, 6.07) is 22.7. The van der Waals surface area contributed by atoms with Crippen LogP contribution in [0.1, 0.15) is 69.1 Å². The Bertz CT molecular complexity index is 1290. The van der Waals surface area contributed by atoms with Crippen molar-refractivity contribution in [2.75, 3.05) is 13.2 Å². The third kappa shape index (κ3) is 8.99. The Balaban J connectivity index is 1.61. The zero-order chi connectivity index (χ0) is 29.7. The first-order valence-corrected chi connectivity index (χ1v) is 15.6. The minimum absolute atomic E-state index is 0.0958. The number of halogens is 1. The van der Waals surface area contributed by atoms with Gasteiger partial charge in [0.05, 0.1) is 13.2 Å². The third-order valence-corrected chi connectivity index (χ3v) is 8.13.